The Balaban J connectivity index is 1.64. The largest absolute Gasteiger partial charge is 0.381 e. The molecule has 2 amide bonds. The molecular weight excluding hydrogens is 218 g/mol. The number of imide groups is 1. The van der Waals surface area contributed by atoms with Crippen LogP contribution in [0.4, 0.5) is 0 Å². The molecule has 0 unspecified atom stereocenters. The van der Waals surface area contributed by atoms with E-state index in [0.29, 0.717) is 18.4 Å². The van der Waals surface area contributed by atoms with Gasteiger partial charge in [0.05, 0.1) is 0 Å². The lowest BCUT2D eigenvalue weighted by molar-refractivity contribution is -0.138. The number of nitrogens with zero attached hydrogens (tertiary/aromatic N) is 1. The van der Waals surface area contributed by atoms with Crippen LogP contribution in [-0.4, -0.2) is 36.5 Å². The van der Waals surface area contributed by atoms with Gasteiger partial charge < -0.3 is 4.74 Å². The van der Waals surface area contributed by atoms with E-state index in [1.165, 1.54) is 4.90 Å². The fourth-order valence-electron chi connectivity index (χ4n) is 2.58. The van der Waals surface area contributed by atoms with Crippen molar-refractivity contribution in [1.82, 2.24) is 4.90 Å². The van der Waals surface area contributed by atoms with E-state index in [1.54, 1.807) is 6.08 Å². The van der Waals surface area contributed by atoms with E-state index in [2.05, 4.69) is 0 Å². The predicted octanol–water partition coefficient (Wildman–Crippen LogP) is 1.12. The van der Waals surface area contributed by atoms with Crippen LogP contribution in [-0.2, 0) is 14.3 Å². The van der Waals surface area contributed by atoms with Crippen LogP contribution >= 0.6 is 0 Å². The van der Waals surface area contributed by atoms with E-state index in [1.807, 2.05) is 0 Å². The summed E-state index contributed by atoms with van der Waals surface area (Å²) in [6, 6.07) is 0. The summed E-state index contributed by atoms with van der Waals surface area (Å²) in [5, 5.41) is 0. The Bertz CT molecular complexity index is 378. The van der Waals surface area contributed by atoms with Crippen LogP contribution in [0.2, 0.25) is 0 Å². The first-order valence-electron chi connectivity index (χ1n) is 6.41. The molecule has 4 nitrogen and oxygen atoms in total. The van der Waals surface area contributed by atoms with Gasteiger partial charge in [0.1, 0.15) is 0 Å². The Kier molecular flexibility index (Phi) is 2.74. The number of hydrogen-bond acceptors (Lipinski definition) is 3. The van der Waals surface area contributed by atoms with Gasteiger partial charge in [0.25, 0.3) is 11.8 Å². The molecular formula is C13H17NO3. The van der Waals surface area contributed by atoms with Crippen molar-refractivity contribution in [3.63, 3.8) is 0 Å². The minimum atomic E-state index is -0.108. The van der Waals surface area contributed by atoms with Crippen LogP contribution in [0.3, 0.4) is 0 Å². The summed E-state index contributed by atoms with van der Waals surface area (Å²) in [7, 11) is 0. The smallest absolute Gasteiger partial charge is 0.257 e. The molecule has 0 N–H and O–H groups in total. The zero-order valence-corrected chi connectivity index (χ0v) is 9.85. The second kappa shape index (κ2) is 4.26. The summed E-state index contributed by atoms with van der Waals surface area (Å²) in [6.07, 6.45) is 5.59. The monoisotopic (exact) mass is 235 g/mol. The lowest BCUT2D eigenvalue weighted by Gasteiger charge is -2.26. The molecule has 0 spiro atoms. The zero-order valence-electron chi connectivity index (χ0n) is 9.85. The van der Waals surface area contributed by atoms with E-state index in [0.717, 1.165) is 44.5 Å². The lowest BCUT2D eigenvalue weighted by Crippen LogP contribution is -2.37. The summed E-state index contributed by atoms with van der Waals surface area (Å²) in [5.74, 6) is 0.641. The summed E-state index contributed by atoms with van der Waals surface area (Å²) in [5.41, 5.74) is 0.752. The Hall–Kier alpha value is -1.16. The van der Waals surface area contributed by atoms with Crippen LogP contribution in [0.1, 0.15) is 25.7 Å². The molecule has 2 aliphatic heterocycles. The third kappa shape index (κ3) is 2.14. The second-order valence-corrected chi connectivity index (χ2v) is 5.18. The number of hydrogen-bond donors (Lipinski definition) is 0. The van der Waals surface area contributed by atoms with E-state index in [9.17, 15) is 9.59 Å². The highest BCUT2D eigenvalue weighted by Crippen LogP contribution is 2.39. The minimum absolute atomic E-state index is 0.0380. The van der Waals surface area contributed by atoms with E-state index in [4.69, 9.17) is 4.74 Å². The van der Waals surface area contributed by atoms with Crippen molar-refractivity contribution in [1.29, 1.82) is 0 Å². The maximum Gasteiger partial charge on any atom is 0.257 e. The highest BCUT2D eigenvalue weighted by atomic mass is 16.5. The van der Waals surface area contributed by atoms with Crippen LogP contribution in [0.5, 0.6) is 0 Å². The molecule has 0 aromatic carbocycles. The molecule has 0 atom stereocenters. The molecule has 92 valence electrons. The van der Waals surface area contributed by atoms with Crippen molar-refractivity contribution >= 4 is 11.8 Å². The Labute approximate surface area is 101 Å². The third-order valence-electron chi connectivity index (χ3n) is 3.84. The van der Waals surface area contributed by atoms with Crippen molar-refractivity contribution in [2.75, 3.05) is 19.8 Å². The van der Waals surface area contributed by atoms with Gasteiger partial charge in [-0.15, -0.1) is 0 Å². The van der Waals surface area contributed by atoms with Gasteiger partial charge >= 0.3 is 0 Å². The Morgan fingerprint density at radius 3 is 2.53 bits per heavy atom. The maximum absolute atomic E-state index is 12.1. The van der Waals surface area contributed by atoms with Crippen molar-refractivity contribution in [3.05, 3.63) is 11.6 Å². The molecule has 0 bridgehead atoms. The van der Waals surface area contributed by atoms with Gasteiger partial charge in [-0.2, -0.15) is 0 Å². The van der Waals surface area contributed by atoms with Gasteiger partial charge in [0, 0.05) is 31.4 Å². The molecule has 17 heavy (non-hydrogen) atoms. The van der Waals surface area contributed by atoms with Gasteiger partial charge in [0.2, 0.25) is 0 Å². The molecule has 2 fully saturated rings. The summed E-state index contributed by atoms with van der Waals surface area (Å²) in [6.45, 7) is 2.08. The molecule has 1 saturated carbocycles. The Morgan fingerprint density at radius 1 is 1.18 bits per heavy atom. The number of carbonyl (C=O) groups excluding carboxylic acids is 2. The first-order valence-corrected chi connectivity index (χ1v) is 6.41. The number of carbonyl (C=O) groups is 2. The van der Waals surface area contributed by atoms with Crippen molar-refractivity contribution in [2.45, 2.75) is 25.7 Å². The molecule has 3 aliphatic rings. The highest BCUT2D eigenvalue weighted by molar-refractivity contribution is 6.16. The van der Waals surface area contributed by atoms with E-state index in [-0.39, 0.29) is 11.8 Å². The SMILES string of the molecule is O=C1C=C(C2CC2)C(=O)N1CC1CCOCC1. The number of amides is 2. The van der Waals surface area contributed by atoms with Crippen LogP contribution in [0.25, 0.3) is 0 Å². The molecule has 1 aliphatic carbocycles. The molecule has 0 aromatic heterocycles. The molecule has 0 aromatic rings. The van der Waals surface area contributed by atoms with Crippen LogP contribution in [0.15, 0.2) is 11.6 Å². The average Bonchev–Trinajstić information content (AvgIpc) is 3.13. The van der Waals surface area contributed by atoms with Gasteiger partial charge in [-0.05, 0) is 37.5 Å². The number of ether oxygens (including phenoxy) is 1. The third-order valence-corrected chi connectivity index (χ3v) is 3.84. The van der Waals surface area contributed by atoms with Gasteiger partial charge in [-0.1, -0.05) is 0 Å². The molecule has 2 heterocycles. The number of rotatable bonds is 3. The average molecular weight is 235 g/mol. The molecule has 3 rings (SSSR count). The summed E-state index contributed by atoms with van der Waals surface area (Å²) < 4.78 is 5.29. The molecule has 4 heteroatoms. The standard InChI is InChI=1S/C13H17NO3/c15-12-7-11(10-1-2-10)13(16)14(12)8-9-3-5-17-6-4-9/h7,9-10H,1-6,8H2. The Morgan fingerprint density at radius 2 is 1.88 bits per heavy atom. The normalized spacial score (nSPS) is 26.6. The quantitative estimate of drug-likeness (QED) is 0.689. The van der Waals surface area contributed by atoms with Crippen molar-refractivity contribution < 1.29 is 14.3 Å². The van der Waals surface area contributed by atoms with Crippen molar-refractivity contribution in [3.8, 4) is 0 Å². The van der Waals surface area contributed by atoms with Gasteiger partial charge in [-0.25, -0.2) is 0 Å². The van der Waals surface area contributed by atoms with Crippen LogP contribution < -0.4 is 0 Å². The first-order chi connectivity index (χ1) is 8.25. The molecule has 1 saturated heterocycles. The first kappa shape index (κ1) is 11.0. The van der Waals surface area contributed by atoms with E-state index < -0.39 is 0 Å². The van der Waals surface area contributed by atoms with Crippen molar-refractivity contribution in [2.24, 2.45) is 11.8 Å². The zero-order chi connectivity index (χ0) is 11.8. The maximum atomic E-state index is 12.1. The minimum Gasteiger partial charge on any atom is -0.381 e. The lowest BCUT2D eigenvalue weighted by atomic mass is 10.00. The van der Waals surface area contributed by atoms with E-state index >= 15 is 0 Å². The topological polar surface area (TPSA) is 46.6 Å². The van der Waals surface area contributed by atoms with Crippen LogP contribution in [0, 0.1) is 11.8 Å². The fraction of sp³-hybridized carbons (Fsp3) is 0.692. The second-order valence-electron chi connectivity index (χ2n) is 5.18. The summed E-state index contributed by atoms with van der Waals surface area (Å²) in [4.78, 5) is 25.3. The predicted molar refractivity (Wildman–Crippen MR) is 61.1 cm³/mol. The highest BCUT2D eigenvalue weighted by Gasteiger charge is 2.40. The summed E-state index contributed by atoms with van der Waals surface area (Å²) >= 11 is 0. The molecule has 0 radical (unpaired) electrons. The van der Waals surface area contributed by atoms with Gasteiger partial charge in [0.15, 0.2) is 0 Å². The fourth-order valence-corrected chi connectivity index (χ4v) is 2.58. The van der Waals surface area contributed by atoms with Gasteiger partial charge in [-0.3, -0.25) is 14.5 Å².